The van der Waals surface area contributed by atoms with Crippen LogP contribution in [0.25, 0.3) is 0 Å². The molecule has 0 atom stereocenters. The number of aryl methyl sites for hydroxylation is 1. The van der Waals surface area contributed by atoms with Crippen molar-refractivity contribution in [2.24, 2.45) is 0 Å². The predicted octanol–water partition coefficient (Wildman–Crippen LogP) is 2.45. The zero-order valence-electron chi connectivity index (χ0n) is 7.18. The number of methoxy groups -OCH3 is 1. The van der Waals surface area contributed by atoms with Gasteiger partial charge >= 0.3 is 0 Å². The zero-order valence-corrected chi connectivity index (χ0v) is 8.07. The number of halogens is 2. The van der Waals surface area contributed by atoms with E-state index in [-0.39, 0.29) is 5.75 Å². The number of benzene rings is 1. The maximum absolute atomic E-state index is 12.9. The van der Waals surface area contributed by atoms with Crippen molar-refractivity contribution in [2.75, 3.05) is 12.9 Å². The van der Waals surface area contributed by atoms with Gasteiger partial charge in [-0.15, -0.1) is 0 Å². The molecule has 0 heterocycles. The monoisotopic (exact) mass is 204 g/mol. The van der Waals surface area contributed by atoms with E-state index in [0.29, 0.717) is 17.7 Å². The summed E-state index contributed by atoms with van der Waals surface area (Å²) in [7, 11) is 1.31. The SMILES string of the molecule is COc1cc(CCS)cc(F)c1F. The summed E-state index contributed by atoms with van der Waals surface area (Å²) in [6.07, 6.45) is 0.594. The van der Waals surface area contributed by atoms with Crippen molar-refractivity contribution in [3.8, 4) is 5.75 Å². The fourth-order valence-corrected chi connectivity index (χ4v) is 1.30. The van der Waals surface area contributed by atoms with Gasteiger partial charge in [-0.25, -0.2) is 4.39 Å². The summed E-state index contributed by atoms with van der Waals surface area (Å²) in [5, 5.41) is 0. The molecular formula is C9H10F2OS. The van der Waals surface area contributed by atoms with Crippen molar-refractivity contribution in [1.29, 1.82) is 0 Å². The number of rotatable bonds is 3. The van der Waals surface area contributed by atoms with Gasteiger partial charge in [0.2, 0.25) is 5.82 Å². The third-order valence-electron chi connectivity index (χ3n) is 1.68. The van der Waals surface area contributed by atoms with Crippen molar-refractivity contribution in [2.45, 2.75) is 6.42 Å². The van der Waals surface area contributed by atoms with Crippen LogP contribution < -0.4 is 4.74 Å². The Bertz CT molecular complexity index is 302. The van der Waals surface area contributed by atoms with Crippen LogP contribution in [-0.2, 0) is 6.42 Å². The molecule has 0 aliphatic rings. The van der Waals surface area contributed by atoms with Crippen molar-refractivity contribution < 1.29 is 13.5 Å². The Labute approximate surface area is 81.1 Å². The van der Waals surface area contributed by atoms with Gasteiger partial charge in [0.05, 0.1) is 7.11 Å². The molecule has 0 saturated carbocycles. The van der Waals surface area contributed by atoms with Crippen LogP contribution in [0.4, 0.5) is 8.78 Å². The molecule has 4 heteroatoms. The van der Waals surface area contributed by atoms with E-state index < -0.39 is 11.6 Å². The van der Waals surface area contributed by atoms with E-state index in [4.69, 9.17) is 0 Å². The highest BCUT2D eigenvalue weighted by molar-refractivity contribution is 7.80. The van der Waals surface area contributed by atoms with Crippen molar-refractivity contribution in [1.82, 2.24) is 0 Å². The van der Waals surface area contributed by atoms with Gasteiger partial charge in [0.15, 0.2) is 11.6 Å². The van der Waals surface area contributed by atoms with Gasteiger partial charge < -0.3 is 4.74 Å². The maximum atomic E-state index is 12.9. The molecule has 0 saturated heterocycles. The van der Waals surface area contributed by atoms with E-state index in [1.165, 1.54) is 13.2 Å². The Balaban J connectivity index is 3.06. The van der Waals surface area contributed by atoms with E-state index >= 15 is 0 Å². The molecule has 1 aromatic rings. The standard InChI is InChI=1S/C9H10F2OS/c1-12-8-5-6(2-3-13)4-7(10)9(8)11/h4-5,13H,2-3H2,1H3. The van der Waals surface area contributed by atoms with Gasteiger partial charge in [0.1, 0.15) is 0 Å². The van der Waals surface area contributed by atoms with E-state index in [0.717, 1.165) is 6.07 Å². The summed E-state index contributed by atoms with van der Waals surface area (Å²) in [6.45, 7) is 0. The van der Waals surface area contributed by atoms with Crippen LogP contribution in [0.3, 0.4) is 0 Å². The first kappa shape index (κ1) is 10.3. The van der Waals surface area contributed by atoms with Crippen LogP contribution in [0, 0.1) is 11.6 Å². The van der Waals surface area contributed by atoms with Crippen molar-refractivity contribution >= 4 is 12.6 Å². The first-order chi connectivity index (χ1) is 6.19. The van der Waals surface area contributed by atoms with Crippen LogP contribution in [0.2, 0.25) is 0 Å². The lowest BCUT2D eigenvalue weighted by Crippen LogP contribution is -1.96. The van der Waals surface area contributed by atoms with Crippen molar-refractivity contribution in [3.63, 3.8) is 0 Å². The summed E-state index contributed by atoms with van der Waals surface area (Å²) < 4.78 is 30.4. The van der Waals surface area contributed by atoms with E-state index in [1.54, 1.807) is 0 Å². The van der Waals surface area contributed by atoms with Crippen LogP contribution in [0.5, 0.6) is 5.75 Å². The molecule has 0 radical (unpaired) electrons. The molecule has 1 rings (SSSR count). The van der Waals surface area contributed by atoms with E-state index in [9.17, 15) is 8.78 Å². The molecule has 0 spiro atoms. The smallest absolute Gasteiger partial charge is 0.200 e. The molecule has 1 nitrogen and oxygen atoms in total. The van der Waals surface area contributed by atoms with E-state index in [1.807, 2.05) is 0 Å². The first-order valence-electron chi connectivity index (χ1n) is 3.81. The van der Waals surface area contributed by atoms with Crippen LogP contribution >= 0.6 is 12.6 Å². The molecule has 0 aliphatic carbocycles. The van der Waals surface area contributed by atoms with Crippen LogP contribution in [0.1, 0.15) is 5.56 Å². The number of ether oxygens (including phenoxy) is 1. The second kappa shape index (κ2) is 4.46. The van der Waals surface area contributed by atoms with Crippen LogP contribution in [-0.4, -0.2) is 12.9 Å². The minimum atomic E-state index is -0.939. The summed E-state index contributed by atoms with van der Waals surface area (Å²) >= 11 is 4.00. The van der Waals surface area contributed by atoms with E-state index in [2.05, 4.69) is 17.4 Å². The lowest BCUT2D eigenvalue weighted by atomic mass is 10.1. The average molecular weight is 204 g/mol. The topological polar surface area (TPSA) is 9.23 Å². The molecule has 72 valence electrons. The Morgan fingerprint density at radius 3 is 2.62 bits per heavy atom. The van der Waals surface area contributed by atoms with Gasteiger partial charge in [-0.3, -0.25) is 0 Å². The molecule has 0 amide bonds. The molecule has 0 aromatic heterocycles. The molecule has 0 aliphatic heterocycles. The zero-order chi connectivity index (χ0) is 9.84. The van der Waals surface area contributed by atoms with Gasteiger partial charge in [-0.05, 0) is 29.9 Å². The van der Waals surface area contributed by atoms with Gasteiger partial charge in [0, 0.05) is 0 Å². The second-order valence-corrected chi connectivity index (χ2v) is 3.01. The lowest BCUT2D eigenvalue weighted by Gasteiger charge is -2.05. The largest absolute Gasteiger partial charge is 0.494 e. The fraction of sp³-hybridized carbons (Fsp3) is 0.333. The Morgan fingerprint density at radius 2 is 2.08 bits per heavy atom. The van der Waals surface area contributed by atoms with Gasteiger partial charge in [-0.2, -0.15) is 17.0 Å². The molecule has 0 bridgehead atoms. The first-order valence-corrected chi connectivity index (χ1v) is 4.45. The molecule has 1 aromatic carbocycles. The fourth-order valence-electron chi connectivity index (χ4n) is 1.04. The highest BCUT2D eigenvalue weighted by atomic mass is 32.1. The molecule has 0 fully saturated rings. The number of hydrogen-bond donors (Lipinski definition) is 1. The molecule has 13 heavy (non-hydrogen) atoms. The third-order valence-corrected chi connectivity index (χ3v) is 1.90. The summed E-state index contributed by atoms with van der Waals surface area (Å²) in [5.41, 5.74) is 0.686. The Morgan fingerprint density at radius 1 is 1.38 bits per heavy atom. The Kier molecular flexibility index (Phi) is 3.54. The molecule has 0 unspecified atom stereocenters. The maximum Gasteiger partial charge on any atom is 0.200 e. The second-order valence-electron chi connectivity index (χ2n) is 2.57. The lowest BCUT2D eigenvalue weighted by molar-refractivity contribution is 0.371. The molecule has 0 N–H and O–H groups in total. The summed E-state index contributed by atoms with van der Waals surface area (Å²) in [6, 6.07) is 2.64. The number of hydrogen-bond acceptors (Lipinski definition) is 2. The highest BCUT2D eigenvalue weighted by Crippen LogP contribution is 2.22. The van der Waals surface area contributed by atoms with Gasteiger partial charge in [-0.1, -0.05) is 0 Å². The minimum Gasteiger partial charge on any atom is -0.494 e. The minimum absolute atomic E-state index is 0.0585. The third kappa shape index (κ3) is 2.34. The Hall–Kier alpha value is -0.770. The van der Waals surface area contributed by atoms with Crippen molar-refractivity contribution in [3.05, 3.63) is 29.3 Å². The average Bonchev–Trinajstić information content (AvgIpc) is 2.11. The summed E-state index contributed by atoms with van der Waals surface area (Å²) in [4.78, 5) is 0. The normalized spacial score (nSPS) is 10.2. The summed E-state index contributed by atoms with van der Waals surface area (Å²) in [5.74, 6) is -1.29. The number of thiol groups is 1. The van der Waals surface area contributed by atoms with Crippen LogP contribution in [0.15, 0.2) is 12.1 Å². The van der Waals surface area contributed by atoms with Gasteiger partial charge in [0.25, 0.3) is 0 Å². The highest BCUT2D eigenvalue weighted by Gasteiger charge is 2.10. The molecular weight excluding hydrogens is 194 g/mol. The quantitative estimate of drug-likeness (QED) is 0.744. The predicted molar refractivity (Wildman–Crippen MR) is 50.5 cm³/mol.